The van der Waals surface area contributed by atoms with Crippen molar-refractivity contribution in [3.05, 3.63) is 22.4 Å². The molecule has 9 nitrogen and oxygen atoms in total. The highest BCUT2D eigenvalue weighted by atomic mass is 16.2. The molecule has 9 heteroatoms. The van der Waals surface area contributed by atoms with Crippen LogP contribution in [-0.4, -0.2) is 85.7 Å². The number of rotatable bonds is 3. The number of nitrogens with zero attached hydrogens (tertiary/aromatic N) is 6. The quantitative estimate of drug-likeness (QED) is 0.808. The van der Waals surface area contributed by atoms with Gasteiger partial charge in [0, 0.05) is 51.7 Å². The smallest absolute Gasteiger partial charge is 0.262 e. The van der Waals surface area contributed by atoms with Crippen molar-refractivity contribution in [3.63, 3.8) is 0 Å². The van der Waals surface area contributed by atoms with Crippen LogP contribution in [0.15, 0.2) is 11.0 Å². The third kappa shape index (κ3) is 3.33. The Bertz CT molecular complexity index is 936. The highest BCUT2D eigenvalue weighted by Crippen LogP contribution is 2.32. The molecule has 1 atom stereocenters. The third-order valence-corrected chi connectivity index (χ3v) is 6.49. The molecule has 2 fully saturated rings. The molecule has 2 aliphatic heterocycles. The van der Waals surface area contributed by atoms with E-state index in [1.807, 2.05) is 11.8 Å². The number of piperazine rings is 1. The van der Waals surface area contributed by atoms with Gasteiger partial charge in [-0.25, -0.2) is 4.98 Å². The number of carbonyl (C=O) groups is 1. The van der Waals surface area contributed by atoms with Gasteiger partial charge in [0.05, 0.1) is 12.7 Å². The van der Waals surface area contributed by atoms with E-state index < -0.39 is 0 Å². The van der Waals surface area contributed by atoms with Gasteiger partial charge >= 0.3 is 0 Å². The van der Waals surface area contributed by atoms with Crippen molar-refractivity contribution >= 4 is 16.9 Å². The van der Waals surface area contributed by atoms with Crippen LogP contribution >= 0.6 is 0 Å². The van der Waals surface area contributed by atoms with E-state index in [-0.39, 0.29) is 17.0 Å². The summed E-state index contributed by atoms with van der Waals surface area (Å²) >= 11 is 0. The van der Waals surface area contributed by atoms with Crippen LogP contribution in [0.25, 0.3) is 11.0 Å². The Morgan fingerprint density at radius 3 is 2.79 bits per heavy atom. The lowest BCUT2D eigenvalue weighted by molar-refractivity contribution is -0.130. The molecule has 2 aliphatic rings. The molecular weight excluding hydrogens is 358 g/mol. The van der Waals surface area contributed by atoms with Crippen molar-refractivity contribution in [2.24, 2.45) is 7.05 Å². The van der Waals surface area contributed by atoms with E-state index >= 15 is 0 Å². The van der Waals surface area contributed by atoms with Crippen LogP contribution < -0.4 is 5.56 Å². The van der Waals surface area contributed by atoms with Gasteiger partial charge in [-0.15, -0.1) is 0 Å². The largest absolute Gasteiger partial charge is 0.343 e. The van der Waals surface area contributed by atoms with Crippen molar-refractivity contribution in [3.8, 4) is 0 Å². The van der Waals surface area contributed by atoms with E-state index in [0.29, 0.717) is 29.8 Å². The number of likely N-dealkylation sites (N-methyl/N-ethyl adjacent to an activating group) is 1. The monoisotopic (exact) mass is 387 g/mol. The molecule has 0 radical (unpaired) electrons. The Morgan fingerprint density at radius 2 is 2.00 bits per heavy atom. The van der Waals surface area contributed by atoms with Crippen molar-refractivity contribution < 1.29 is 4.79 Å². The van der Waals surface area contributed by atoms with Crippen molar-refractivity contribution in [1.82, 2.24) is 34.4 Å². The summed E-state index contributed by atoms with van der Waals surface area (Å²) in [5, 5.41) is 4.65. The number of aromatic nitrogens is 4. The van der Waals surface area contributed by atoms with Crippen LogP contribution in [0, 0.1) is 0 Å². The third-order valence-electron chi connectivity index (χ3n) is 6.49. The van der Waals surface area contributed by atoms with E-state index in [1.54, 1.807) is 17.9 Å². The van der Waals surface area contributed by atoms with Gasteiger partial charge in [0.1, 0.15) is 11.2 Å². The number of nitrogens with one attached hydrogen (secondary N) is 1. The summed E-state index contributed by atoms with van der Waals surface area (Å²) in [7, 11) is 3.97. The molecule has 0 aliphatic carbocycles. The van der Waals surface area contributed by atoms with Crippen molar-refractivity contribution in [1.29, 1.82) is 0 Å². The Hall–Kier alpha value is -2.26. The van der Waals surface area contributed by atoms with Gasteiger partial charge < -0.3 is 9.88 Å². The molecule has 1 amide bonds. The first kappa shape index (κ1) is 19.1. The predicted molar refractivity (Wildman–Crippen MR) is 106 cm³/mol. The standard InChI is InChI=1S/C19H29N7O2/c1-4-26-8-7-19(6-5-16(26)27)13-25(10-9-23(19)2)12-15-21-17-14(18(28)22-15)11-20-24(17)3/h11H,4-10,12-13H2,1-3H3,(H,21,22,28)/t19-/m1/s1. The predicted octanol–water partition coefficient (Wildman–Crippen LogP) is 0.175. The van der Waals surface area contributed by atoms with Crippen LogP contribution in [-0.2, 0) is 18.4 Å². The van der Waals surface area contributed by atoms with Gasteiger partial charge in [-0.1, -0.05) is 0 Å². The number of hydrogen-bond acceptors (Lipinski definition) is 6. The lowest BCUT2D eigenvalue weighted by Gasteiger charge is -2.49. The number of aryl methyl sites for hydroxylation is 1. The highest BCUT2D eigenvalue weighted by molar-refractivity contribution is 5.76. The van der Waals surface area contributed by atoms with Crippen molar-refractivity contribution in [2.45, 2.75) is 38.3 Å². The zero-order chi connectivity index (χ0) is 19.9. The van der Waals surface area contributed by atoms with Gasteiger partial charge in [0.15, 0.2) is 5.65 Å². The van der Waals surface area contributed by atoms with Crippen LogP contribution in [0.1, 0.15) is 32.0 Å². The molecule has 2 aromatic rings. The molecule has 2 saturated heterocycles. The topological polar surface area (TPSA) is 90.4 Å². The first-order valence-electron chi connectivity index (χ1n) is 10.0. The van der Waals surface area contributed by atoms with Crippen LogP contribution in [0.2, 0.25) is 0 Å². The lowest BCUT2D eigenvalue weighted by Crippen LogP contribution is -2.60. The summed E-state index contributed by atoms with van der Waals surface area (Å²) in [6.45, 7) is 6.96. The van der Waals surface area contributed by atoms with Gasteiger partial charge in [0.2, 0.25) is 5.91 Å². The number of aromatic amines is 1. The molecule has 152 valence electrons. The van der Waals surface area contributed by atoms with Gasteiger partial charge in [-0.05, 0) is 26.8 Å². The second kappa shape index (κ2) is 7.29. The second-order valence-corrected chi connectivity index (χ2v) is 8.10. The average molecular weight is 387 g/mol. The van der Waals surface area contributed by atoms with E-state index in [4.69, 9.17) is 0 Å². The molecule has 0 bridgehead atoms. The number of carbonyl (C=O) groups excluding carboxylic acids is 1. The molecule has 0 unspecified atom stereocenters. The number of H-pyrrole nitrogens is 1. The molecule has 4 heterocycles. The van der Waals surface area contributed by atoms with Crippen LogP contribution in [0.5, 0.6) is 0 Å². The summed E-state index contributed by atoms with van der Waals surface area (Å²) in [4.78, 5) is 39.0. The lowest BCUT2D eigenvalue weighted by atomic mass is 9.86. The fourth-order valence-electron chi connectivity index (χ4n) is 4.61. The second-order valence-electron chi connectivity index (χ2n) is 8.10. The molecule has 28 heavy (non-hydrogen) atoms. The fourth-order valence-corrected chi connectivity index (χ4v) is 4.61. The molecule has 2 aromatic heterocycles. The summed E-state index contributed by atoms with van der Waals surface area (Å²) in [5.41, 5.74) is 0.464. The van der Waals surface area contributed by atoms with Gasteiger partial charge in [-0.2, -0.15) is 5.10 Å². The fraction of sp³-hybridized carbons (Fsp3) is 0.684. The molecule has 0 saturated carbocycles. The minimum atomic E-state index is -0.143. The summed E-state index contributed by atoms with van der Waals surface area (Å²) in [6.07, 6.45) is 4.00. The summed E-state index contributed by atoms with van der Waals surface area (Å²) < 4.78 is 1.63. The number of hydrogen-bond donors (Lipinski definition) is 1. The Labute approximate surface area is 164 Å². The van der Waals surface area contributed by atoms with E-state index in [0.717, 1.165) is 45.6 Å². The van der Waals surface area contributed by atoms with E-state index in [1.165, 1.54) is 0 Å². The van der Waals surface area contributed by atoms with Crippen molar-refractivity contribution in [2.75, 3.05) is 39.8 Å². The maximum Gasteiger partial charge on any atom is 0.262 e. The first-order chi connectivity index (χ1) is 13.4. The molecule has 1 N–H and O–H groups in total. The maximum absolute atomic E-state index is 12.4. The van der Waals surface area contributed by atoms with Crippen LogP contribution in [0.4, 0.5) is 0 Å². The van der Waals surface area contributed by atoms with Gasteiger partial charge in [-0.3, -0.25) is 24.1 Å². The molecule has 4 rings (SSSR count). The zero-order valence-electron chi connectivity index (χ0n) is 16.9. The van der Waals surface area contributed by atoms with E-state index in [2.05, 4.69) is 31.9 Å². The van der Waals surface area contributed by atoms with Gasteiger partial charge in [0.25, 0.3) is 5.56 Å². The minimum absolute atomic E-state index is 0.00520. The minimum Gasteiger partial charge on any atom is -0.343 e. The van der Waals surface area contributed by atoms with E-state index in [9.17, 15) is 9.59 Å². The number of fused-ring (bicyclic) bond motifs is 1. The first-order valence-corrected chi connectivity index (χ1v) is 10.0. The average Bonchev–Trinajstić information content (AvgIpc) is 2.96. The van der Waals surface area contributed by atoms with Crippen LogP contribution in [0.3, 0.4) is 0 Å². The molecular formula is C19H29N7O2. The Morgan fingerprint density at radius 1 is 1.18 bits per heavy atom. The molecule has 1 spiro atoms. The molecule has 0 aromatic carbocycles. The highest BCUT2D eigenvalue weighted by Gasteiger charge is 2.42. The zero-order valence-corrected chi connectivity index (χ0v) is 16.9. The maximum atomic E-state index is 12.4. The summed E-state index contributed by atoms with van der Waals surface area (Å²) in [5.74, 6) is 0.929. The normalized spacial score (nSPS) is 25.0. The number of amides is 1. The Kier molecular flexibility index (Phi) is 4.96. The number of likely N-dealkylation sites (tertiary alicyclic amines) is 1. The SMILES string of the molecule is CCN1CC[C@]2(CCC1=O)CN(Cc1nc3c(cnn3C)c(=O)[nH]1)CCN2C. The summed E-state index contributed by atoms with van der Waals surface area (Å²) in [6, 6.07) is 0. The Balaban J connectivity index is 1.54.